The number of benzene rings is 1. The summed E-state index contributed by atoms with van der Waals surface area (Å²) >= 11 is 4.19. The third-order valence-electron chi connectivity index (χ3n) is 2.72. The third-order valence-corrected chi connectivity index (χ3v) is 4.87. The average Bonchev–Trinajstić information content (AvgIpc) is 2.58. The molecule has 17 heavy (non-hydrogen) atoms. The molecule has 1 aliphatic rings. The van der Waals surface area contributed by atoms with E-state index in [9.17, 15) is 13.2 Å². The van der Waals surface area contributed by atoms with Gasteiger partial charge in [-0.15, -0.1) is 12.6 Å². The molecule has 0 aliphatic carbocycles. The van der Waals surface area contributed by atoms with Gasteiger partial charge in [-0.25, -0.2) is 8.42 Å². The van der Waals surface area contributed by atoms with E-state index in [1.807, 2.05) is 0 Å². The van der Waals surface area contributed by atoms with Gasteiger partial charge in [0.15, 0.2) is 9.84 Å². The van der Waals surface area contributed by atoms with E-state index in [0.29, 0.717) is 16.9 Å². The van der Waals surface area contributed by atoms with Gasteiger partial charge in [0, 0.05) is 10.9 Å². The fraction of sp³-hybridized carbons (Fsp3) is 0.364. The van der Waals surface area contributed by atoms with Crippen LogP contribution in [0.25, 0.3) is 0 Å². The molecule has 2 rings (SSSR count). The second-order valence-electron chi connectivity index (χ2n) is 4.09. The first kappa shape index (κ1) is 12.4. The number of thiol groups is 1. The van der Waals surface area contributed by atoms with Gasteiger partial charge >= 0.3 is 0 Å². The summed E-state index contributed by atoms with van der Waals surface area (Å²) < 4.78 is 22.5. The highest BCUT2D eigenvalue weighted by atomic mass is 32.2. The van der Waals surface area contributed by atoms with Crippen LogP contribution in [-0.4, -0.2) is 31.9 Å². The molecule has 1 unspecified atom stereocenters. The van der Waals surface area contributed by atoms with Gasteiger partial charge in [0.1, 0.15) is 0 Å². The quantitative estimate of drug-likeness (QED) is 0.785. The van der Waals surface area contributed by atoms with Crippen LogP contribution in [0.4, 0.5) is 0 Å². The van der Waals surface area contributed by atoms with Gasteiger partial charge in [0.2, 0.25) is 0 Å². The molecule has 92 valence electrons. The van der Waals surface area contributed by atoms with Crippen molar-refractivity contribution in [3.05, 3.63) is 29.8 Å². The minimum Gasteiger partial charge on any atom is -0.348 e. The van der Waals surface area contributed by atoms with Crippen LogP contribution >= 0.6 is 12.6 Å². The van der Waals surface area contributed by atoms with Crippen molar-refractivity contribution in [1.82, 2.24) is 5.32 Å². The Bertz CT molecular complexity index is 539. The zero-order chi connectivity index (χ0) is 12.5. The zero-order valence-corrected chi connectivity index (χ0v) is 10.8. The van der Waals surface area contributed by atoms with Gasteiger partial charge in [0.05, 0.1) is 17.1 Å². The maximum Gasteiger partial charge on any atom is 0.252 e. The predicted molar refractivity (Wildman–Crippen MR) is 68.2 cm³/mol. The summed E-state index contributed by atoms with van der Waals surface area (Å²) in [5.41, 5.74) is 0.472. The summed E-state index contributed by atoms with van der Waals surface area (Å²) in [7, 11) is -2.97. The van der Waals surface area contributed by atoms with Crippen LogP contribution in [0, 0.1) is 0 Å². The van der Waals surface area contributed by atoms with E-state index in [1.165, 1.54) is 0 Å². The molecule has 1 amide bonds. The van der Waals surface area contributed by atoms with Crippen molar-refractivity contribution >= 4 is 28.4 Å². The SMILES string of the molecule is O=C(NC1CCS(=O)(=O)C1)c1ccccc1S. The minimum atomic E-state index is -2.97. The van der Waals surface area contributed by atoms with Gasteiger partial charge in [-0.05, 0) is 18.6 Å². The highest BCUT2D eigenvalue weighted by Crippen LogP contribution is 2.15. The Kier molecular flexibility index (Phi) is 3.44. The molecule has 1 atom stereocenters. The van der Waals surface area contributed by atoms with E-state index >= 15 is 0 Å². The van der Waals surface area contributed by atoms with E-state index < -0.39 is 9.84 Å². The molecule has 1 N–H and O–H groups in total. The number of amides is 1. The first-order chi connectivity index (χ1) is 7.98. The van der Waals surface area contributed by atoms with Gasteiger partial charge in [0.25, 0.3) is 5.91 Å². The molecule has 4 nitrogen and oxygen atoms in total. The van der Waals surface area contributed by atoms with Crippen molar-refractivity contribution < 1.29 is 13.2 Å². The Morgan fingerprint density at radius 1 is 1.35 bits per heavy atom. The van der Waals surface area contributed by atoms with Crippen molar-refractivity contribution in [3.8, 4) is 0 Å². The molecule has 0 spiro atoms. The van der Waals surface area contributed by atoms with Gasteiger partial charge in [-0.1, -0.05) is 12.1 Å². The van der Waals surface area contributed by atoms with Crippen LogP contribution in [0.1, 0.15) is 16.8 Å². The molecule has 6 heteroatoms. The molecule has 1 aromatic carbocycles. The lowest BCUT2D eigenvalue weighted by atomic mass is 10.2. The van der Waals surface area contributed by atoms with Crippen LogP contribution in [0.2, 0.25) is 0 Å². The smallest absolute Gasteiger partial charge is 0.252 e. The normalized spacial score (nSPS) is 22.3. The van der Waals surface area contributed by atoms with Crippen LogP contribution in [0.5, 0.6) is 0 Å². The summed E-state index contributed by atoms with van der Waals surface area (Å²) in [6, 6.07) is 6.66. The largest absolute Gasteiger partial charge is 0.348 e. The lowest BCUT2D eigenvalue weighted by Gasteiger charge is -2.11. The molecule has 1 fully saturated rings. The van der Waals surface area contributed by atoms with Crippen molar-refractivity contribution in [2.24, 2.45) is 0 Å². The summed E-state index contributed by atoms with van der Waals surface area (Å²) in [6.45, 7) is 0. The third kappa shape index (κ3) is 3.01. The molecule has 1 heterocycles. The highest BCUT2D eigenvalue weighted by molar-refractivity contribution is 7.91. The summed E-state index contributed by atoms with van der Waals surface area (Å²) in [4.78, 5) is 12.5. The molecule has 0 aromatic heterocycles. The van der Waals surface area contributed by atoms with E-state index in [0.717, 1.165) is 0 Å². The maximum absolute atomic E-state index is 11.9. The number of carbonyl (C=O) groups is 1. The highest BCUT2D eigenvalue weighted by Gasteiger charge is 2.29. The van der Waals surface area contributed by atoms with Crippen molar-refractivity contribution in [2.45, 2.75) is 17.4 Å². The number of rotatable bonds is 2. The standard InChI is InChI=1S/C11H13NO3S2/c13-11(9-3-1-2-4-10(9)16)12-8-5-6-17(14,15)7-8/h1-4,8,16H,5-7H2,(H,12,13). The van der Waals surface area contributed by atoms with Crippen LogP contribution in [0.15, 0.2) is 29.2 Å². The summed E-state index contributed by atoms with van der Waals surface area (Å²) in [6.07, 6.45) is 0.489. The number of nitrogens with one attached hydrogen (secondary N) is 1. The molecule has 1 aliphatic heterocycles. The van der Waals surface area contributed by atoms with Crippen molar-refractivity contribution in [1.29, 1.82) is 0 Å². The molecular formula is C11H13NO3S2. The molecular weight excluding hydrogens is 258 g/mol. The van der Waals surface area contributed by atoms with E-state index in [1.54, 1.807) is 24.3 Å². The Labute approximate surface area is 106 Å². The van der Waals surface area contributed by atoms with Gasteiger partial charge in [-0.2, -0.15) is 0 Å². The van der Waals surface area contributed by atoms with E-state index in [-0.39, 0.29) is 23.5 Å². The fourth-order valence-electron chi connectivity index (χ4n) is 1.84. The van der Waals surface area contributed by atoms with Crippen LogP contribution in [-0.2, 0) is 9.84 Å². The maximum atomic E-state index is 11.9. The molecule has 1 aromatic rings. The summed E-state index contributed by atoms with van der Waals surface area (Å²) in [5, 5.41) is 2.72. The van der Waals surface area contributed by atoms with Gasteiger partial charge < -0.3 is 5.32 Å². The Hall–Kier alpha value is -1.01. The van der Waals surface area contributed by atoms with Gasteiger partial charge in [-0.3, -0.25) is 4.79 Å². The van der Waals surface area contributed by atoms with Crippen LogP contribution < -0.4 is 5.32 Å². The monoisotopic (exact) mass is 271 g/mol. The average molecular weight is 271 g/mol. The number of hydrogen-bond donors (Lipinski definition) is 2. The fourth-order valence-corrected chi connectivity index (χ4v) is 3.77. The lowest BCUT2D eigenvalue weighted by Crippen LogP contribution is -2.35. The van der Waals surface area contributed by atoms with Crippen molar-refractivity contribution in [2.75, 3.05) is 11.5 Å². The predicted octanol–water partition coefficient (Wildman–Crippen LogP) is 0.892. The topological polar surface area (TPSA) is 63.2 Å². The lowest BCUT2D eigenvalue weighted by molar-refractivity contribution is 0.0938. The summed E-state index contributed by atoms with van der Waals surface area (Å²) in [5.74, 6) is -0.0776. The van der Waals surface area contributed by atoms with E-state index in [2.05, 4.69) is 17.9 Å². The zero-order valence-electron chi connectivity index (χ0n) is 9.09. The first-order valence-electron chi connectivity index (χ1n) is 5.27. The van der Waals surface area contributed by atoms with E-state index in [4.69, 9.17) is 0 Å². The Morgan fingerprint density at radius 2 is 2.06 bits per heavy atom. The molecule has 0 bridgehead atoms. The van der Waals surface area contributed by atoms with Crippen molar-refractivity contribution in [3.63, 3.8) is 0 Å². The van der Waals surface area contributed by atoms with Crippen LogP contribution in [0.3, 0.4) is 0 Å². The minimum absolute atomic E-state index is 0.0352. The molecule has 1 saturated heterocycles. The number of hydrogen-bond acceptors (Lipinski definition) is 4. The second-order valence-corrected chi connectivity index (χ2v) is 6.80. The molecule has 0 saturated carbocycles. The second kappa shape index (κ2) is 4.70. The number of sulfone groups is 1. The first-order valence-corrected chi connectivity index (χ1v) is 7.54. The molecule has 0 radical (unpaired) electrons. The number of carbonyl (C=O) groups excluding carboxylic acids is 1. The Morgan fingerprint density at radius 3 is 2.65 bits per heavy atom. The Balaban J connectivity index is 2.06.